The van der Waals surface area contributed by atoms with Gasteiger partial charge in [0.15, 0.2) is 0 Å². The number of fused-ring (bicyclic) bond motifs is 1. The van der Waals surface area contributed by atoms with Gasteiger partial charge in [0.2, 0.25) is 5.91 Å². The van der Waals surface area contributed by atoms with Crippen molar-refractivity contribution in [3.63, 3.8) is 0 Å². The number of aliphatic carboxylic acids is 1. The average molecular weight is 301 g/mol. The number of nitrogens with zero attached hydrogens (tertiary/aromatic N) is 1. The Labute approximate surface area is 131 Å². The minimum Gasteiger partial charge on any atom is -0.481 e. The first-order valence-electron chi connectivity index (χ1n) is 7.92. The van der Waals surface area contributed by atoms with Crippen molar-refractivity contribution in [3.8, 4) is 0 Å². The molecule has 2 unspecified atom stereocenters. The van der Waals surface area contributed by atoms with Crippen LogP contribution in [0.4, 0.5) is 5.69 Å². The van der Waals surface area contributed by atoms with E-state index in [1.54, 1.807) is 6.92 Å². The number of para-hydroxylation sites is 1. The van der Waals surface area contributed by atoms with E-state index in [0.29, 0.717) is 19.4 Å². The maximum Gasteiger partial charge on any atom is 0.309 e. The van der Waals surface area contributed by atoms with E-state index in [1.165, 1.54) is 5.56 Å². The Hall–Kier alpha value is -1.84. The molecule has 118 valence electrons. The fraction of sp³-hybridized carbons (Fsp3) is 0.556. The van der Waals surface area contributed by atoms with Crippen LogP contribution in [-0.4, -0.2) is 23.5 Å². The molecule has 1 aliphatic heterocycles. The van der Waals surface area contributed by atoms with Crippen molar-refractivity contribution >= 4 is 17.6 Å². The highest BCUT2D eigenvalue weighted by molar-refractivity contribution is 5.98. The van der Waals surface area contributed by atoms with Gasteiger partial charge in [-0.15, -0.1) is 0 Å². The lowest BCUT2D eigenvalue weighted by Crippen LogP contribution is -2.46. The molecular formula is C18H23NO3. The third-order valence-electron chi connectivity index (χ3n) is 6.15. The van der Waals surface area contributed by atoms with Gasteiger partial charge in [-0.25, -0.2) is 0 Å². The molecule has 0 saturated heterocycles. The highest BCUT2D eigenvalue weighted by Crippen LogP contribution is 2.56. The lowest BCUT2D eigenvalue weighted by molar-refractivity contribution is -0.155. The predicted molar refractivity (Wildman–Crippen MR) is 84.7 cm³/mol. The number of amides is 1. The Kier molecular flexibility index (Phi) is 3.31. The van der Waals surface area contributed by atoms with Crippen molar-refractivity contribution in [1.82, 2.24) is 0 Å². The summed E-state index contributed by atoms with van der Waals surface area (Å²) < 4.78 is 0. The Morgan fingerprint density at radius 3 is 2.55 bits per heavy atom. The van der Waals surface area contributed by atoms with Crippen LogP contribution in [0.2, 0.25) is 0 Å². The monoisotopic (exact) mass is 301 g/mol. The maximum absolute atomic E-state index is 13.1. The molecule has 0 radical (unpaired) electrons. The molecule has 0 bridgehead atoms. The molecule has 22 heavy (non-hydrogen) atoms. The first kappa shape index (κ1) is 15.1. The molecule has 1 aromatic rings. The summed E-state index contributed by atoms with van der Waals surface area (Å²) in [7, 11) is 0. The summed E-state index contributed by atoms with van der Waals surface area (Å²) in [5, 5.41) is 9.61. The molecular weight excluding hydrogens is 278 g/mol. The first-order chi connectivity index (χ1) is 10.3. The molecule has 0 aromatic heterocycles. The number of anilines is 1. The highest BCUT2D eigenvalue weighted by Gasteiger charge is 2.59. The predicted octanol–water partition coefficient (Wildman–Crippen LogP) is 3.10. The quantitative estimate of drug-likeness (QED) is 0.913. The van der Waals surface area contributed by atoms with Crippen LogP contribution in [-0.2, 0) is 16.0 Å². The van der Waals surface area contributed by atoms with Gasteiger partial charge in [-0.2, -0.15) is 0 Å². The van der Waals surface area contributed by atoms with E-state index in [1.807, 2.05) is 36.9 Å². The Bertz CT molecular complexity index is 637. The molecule has 1 N–H and O–H groups in total. The molecule has 1 aromatic carbocycles. The summed E-state index contributed by atoms with van der Waals surface area (Å²) in [5.74, 6) is -0.950. The van der Waals surface area contributed by atoms with E-state index < -0.39 is 16.8 Å². The van der Waals surface area contributed by atoms with Crippen LogP contribution in [0.25, 0.3) is 0 Å². The van der Waals surface area contributed by atoms with E-state index in [0.717, 1.165) is 12.1 Å². The fourth-order valence-electron chi connectivity index (χ4n) is 4.07. The Morgan fingerprint density at radius 2 is 1.91 bits per heavy atom. The second kappa shape index (κ2) is 4.83. The number of hydrogen-bond acceptors (Lipinski definition) is 2. The number of carboxylic acids is 1. The lowest BCUT2D eigenvalue weighted by atomic mass is 9.65. The number of carbonyl (C=O) groups is 2. The molecule has 1 amide bonds. The molecule has 1 saturated carbocycles. The molecule has 4 heteroatoms. The van der Waals surface area contributed by atoms with Gasteiger partial charge in [0.25, 0.3) is 0 Å². The van der Waals surface area contributed by atoms with Gasteiger partial charge in [-0.1, -0.05) is 32.0 Å². The number of carbonyl (C=O) groups excluding carboxylic acids is 1. The molecule has 2 atom stereocenters. The van der Waals surface area contributed by atoms with E-state index in [-0.39, 0.29) is 11.8 Å². The van der Waals surface area contributed by atoms with E-state index in [9.17, 15) is 14.7 Å². The smallest absolute Gasteiger partial charge is 0.309 e. The first-order valence-corrected chi connectivity index (χ1v) is 7.92. The van der Waals surface area contributed by atoms with Crippen LogP contribution in [0.5, 0.6) is 0 Å². The molecule has 0 spiro atoms. The van der Waals surface area contributed by atoms with Crippen LogP contribution in [0.1, 0.15) is 39.2 Å². The standard InChI is InChI=1S/C18H23NO3/c1-17(2)13(8-10-18(17,3)16(21)22)15(20)19-11-9-12-6-4-5-7-14(12)19/h4-7,13H,8-11H2,1-3H3,(H,21,22). The summed E-state index contributed by atoms with van der Waals surface area (Å²) >= 11 is 0. The Balaban J connectivity index is 1.90. The van der Waals surface area contributed by atoms with Crippen molar-refractivity contribution in [2.24, 2.45) is 16.7 Å². The van der Waals surface area contributed by atoms with Crippen molar-refractivity contribution in [1.29, 1.82) is 0 Å². The van der Waals surface area contributed by atoms with E-state index >= 15 is 0 Å². The minimum atomic E-state index is -0.841. The number of carboxylic acid groups (broad SMARTS) is 1. The van der Waals surface area contributed by atoms with Gasteiger partial charge in [0.05, 0.1) is 5.41 Å². The van der Waals surface area contributed by atoms with Gasteiger partial charge in [-0.3, -0.25) is 9.59 Å². The lowest BCUT2D eigenvalue weighted by Gasteiger charge is -2.39. The van der Waals surface area contributed by atoms with E-state index in [4.69, 9.17) is 0 Å². The Morgan fingerprint density at radius 1 is 1.23 bits per heavy atom. The fourth-order valence-corrected chi connectivity index (χ4v) is 4.07. The van der Waals surface area contributed by atoms with Gasteiger partial charge in [0.1, 0.15) is 0 Å². The van der Waals surface area contributed by atoms with Crippen molar-refractivity contribution in [2.75, 3.05) is 11.4 Å². The number of rotatable bonds is 2. The van der Waals surface area contributed by atoms with Gasteiger partial charge < -0.3 is 10.0 Å². The second-order valence-electron chi connectivity index (χ2n) is 7.32. The summed E-state index contributed by atoms with van der Waals surface area (Å²) in [5.41, 5.74) is 0.805. The molecule has 1 heterocycles. The van der Waals surface area contributed by atoms with Gasteiger partial charge in [0, 0.05) is 18.2 Å². The second-order valence-corrected chi connectivity index (χ2v) is 7.32. The third-order valence-corrected chi connectivity index (χ3v) is 6.15. The van der Waals surface area contributed by atoms with Crippen LogP contribution < -0.4 is 4.90 Å². The topological polar surface area (TPSA) is 57.6 Å². The van der Waals surface area contributed by atoms with Gasteiger partial charge >= 0.3 is 5.97 Å². The van der Waals surface area contributed by atoms with E-state index in [2.05, 4.69) is 6.07 Å². The maximum atomic E-state index is 13.1. The zero-order chi connectivity index (χ0) is 16.1. The molecule has 1 fully saturated rings. The molecule has 3 rings (SSSR count). The molecule has 4 nitrogen and oxygen atoms in total. The van der Waals surface area contributed by atoms with Crippen LogP contribution in [0, 0.1) is 16.7 Å². The summed E-state index contributed by atoms with van der Waals surface area (Å²) in [6.45, 7) is 6.34. The van der Waals surface area contributed by atoms with Crippen molar-refractivity contribution in [2.45, 2.75) is 40.0 Å². The van der Waals surface area contributed by atoms with Crippen LogP contribution in [0.15, 0.2) is 24.3 Å². The molecule has 2 aliphatic rings. The third kappa shape index (κ3) is 1.89. The summed E-state index contributed by atoms with van der Waals surface area (Å²) in [6.07, 6.45) is 2.08. The minimum absolute atomic E-state index is 0.0833. The van der Waals surface area contributed by atoms with Gasteiger partial charge in [-0.05, 0) is 43.2 Å². The zero-order valence-electron chi connectivity index (χ0n) is 13.4. The van der Waals surface area contributed by atoms with Crippen LogP contribution >= 0.6 is 0 Å². The zero-order valence-corrected chi connectivity index (χ0v) is 13.4. The SMILES string of the molecule is CC1(C(=O)O)CCC(C(=O)N2CCc3ccccc32)C1(C)C. The normalized spacial score (nSPS) is 29.4. The number of benzene rings is 1. The van der Waals surface area contributed by atoms with Crippen molar-refractivity contribution in [3.05, 3.63) is 29.8 Å². The number of hydrogen-bond donors (Lipinski definition) is 1. The summed E-state index contributed by atoms with van der Waals surface area (Å²) in [4.78, 5) is 26.6. The highest BCUT2D eigenvalue weighted by atomic mass is 16.4. The van der Waals surface area contributed by atoms with Crippen molar-refractivity contribution < 1.29 is 14.7 Å². The summed E-state index contributed by atoms with van der Waals surface area (Å²) in [6, 6.07) is 7.99. The average Bonchev–Trinajstić information content (AvgIpc) is 2.99. The largest absolute Gasteiger partial charge is 0.481 e. The van der Waals surface area contributed by atoms with Crippen LogP contribution in [0.3, 0.4) is 0 Å². The molecule has 1 aliphatic carbocycles.